The van der Waals surface area contributed by atoms with Gasteiger partial charge in [0.25, 0.3) is 0 Å². The zero-order chi connectivity index (χ0) is 17.6. The van der Waals surface area contributed by atoms with E-state index in [-0.39, 0.29) is 11.9 Å². The van der Waals surface area contributed by atoms with Gasteiger partial charge in [-0.1, -0.05) is 30.4 Å². The number of carbonyl (C=O) groups is 1. The summed E-state index contributed by atoms with van der Waals surface area (Å²) in [5, 5.41) is 0. The molecule has 2 aliphatic heterocycles. The Bertz CT molecular complexity index is 600. The molecule has 2 saturated heterocycles. The molecule has 0 spiro atoms. The van der Waals surface area contributed by atoms with E-state index in [1.54, 1.807) is 0 Å². The fraction of sp³-hybridized carbons (Fsp3) is 0.571. The fourth-order valence-corrected chi connectivity index (χ4v) is 3.81. The first-order valence-electron chi connectivity index (χ1n) is 9.49. The van der Waals surface area contributed by atoms with Crippen LogP contribution in [0.3, 0.4) is 0 Å². The Morgan fingerprint density at radius 2 is 1.88 bits per heavy atom. The molecule has 0 saturated carbocycles. The topological polar surface area (TPSA) is 32.8 Å². The second-order valence-electron chi connectivity index (χ2n) is 7.20. The number of benzene rings is 1. The van der Waals surface area contributed by atoms with Crippen LogP contribution in [-0.2, 0) is 9.53 Å². The van der Waals surface area contributed by atoms with Gasteiger partial charge in [0.15, 0.2) is 0 Å². The predicted molar refractivity (Wildman–Crippen MR) is 102 cm³/mol. The molecule has 1 aromatic carbocycles. The lowest BCUT2D eigenvalue weighted by molar-refractivity contribution is -0.136. The molecule has 0 N–H and O–H groups in total. The molecule has 1 unspecified atom stereocenters. The number of piperidine rings is 1. The largest absolute Gasteiger partial charge is 0.379 e. The minimum Gasteiger partial charge on any atom is -0.379 e. The van der Waals surface area contributed by atoms with Crippen LogP contribution >= 0.6 is 0 Å². The maximum absolute atomic E-state index is 12.8. The maximum Gasteiger partial charge on any atom is 0.237 e. The summed E-state index contributed by atoms with van der Waals surface area (Å²) in [5.74, 6) is 0.262. The van der Waals surface area contributed by atoms with Crippen molar-refractivity contribution in [3.8, 4) is 0 Å². The summed E-state index contributed by atoms with van der Waals surface area (Å²) in [6.07, 6.45) is 7.84. The zero-order valence-corrected chi connectivity index (χ0v) is 15.5. The second kappa shape index (κ2) is 8.63. The van der Waals surface area contributed by atoms with Crippen molar-refractivity contribution in [1.82, 2.24) is 9.80 Å². The summed E-state index contributed by atoms with van der Waals surface area (Å²) < 4.78 is 5.38. The number of amides is 1. The Kier molecular flexibility index (Phi) is 6.27. The number of ether oxygens (including phenoxy) is 1. The van der Waals surface area contributed by atoms with Gasteiger partial charge in [0, 0.05) is 19.6 Å². The van der Waals surface area contributed by atoms with Crippen molar-refractivity contribution in [3.63, 3.8) is 0 Å². The number of aryl methyl sites for hydroxylation is 2. The summed E-state index contributed by atoms with van der Waals surface area (Å²) >= 11 is 0. The number of carbonyl (C=O) groups excluding carboxylic acids is 1. The summed E-state index contributed by atoms with van der Waals surface area (Å²) in [6.45, 7) is 8.91. The lowest BCUT2D eigenvalue weighted by Crippen LogP contribution is -2.49. The van der Waals surface area contributed by atoms with Crippen molar-refractivity contribution < 1.29 is 9.53 Å². The third-order valence-electron chi connectivity index (χ3n) is 5.36. The van der Waals surface area contributed by atoms with Crippen molar-refractivity contribution in [3.05, 3.63) is 41.0 Å². The molecular weight excluding hydrogens is 312 g/mol. The van der Waals surface area contributed by atoms with Crippen LogP contribution in [-0.4, -0.2) is 61.1 Å². The molecule has 136 valence electrons. The minimum atomic E-state index is 0.223. The van der Waals surface area contributed by atoms with Gasteiger partial charge >= 0.3 is 0 Å². The highest BCUT2D eigenvalue weighted by atomic mass is 16.5. The Morgan fingerprint density at radius 3 is 2.60 bits per heavy atom. The van der Waals surface area contributed by atoms with E-state index >= 15 is 0 Å². The monoisotopic (exact) mass is 342 g/mol. The average molecular weight is 342 g/mol. The van der Waals surface area contributed by atoms with Crippen molar-refractivity contribution in [2.75, 3.05) is 39.4 Å². The van der Waals surface area contributed by atoms with Crippen LogP contribution in [0.1, 0.15) is 36.0 Å². The molecular formula is C21H30N2O2. The molecule has 1 atom stereocenters. The van der Waals surface area contributed by atoms with Gasteiger partial charge in [0.1, 0.15) is 0 Å². The maximum atomic E-state index is 12.8. The van der Waals surface area contributed by atoms with Crippen molar-refractivity contribution in [2.45, 2.75) is 39.2 Å². The third-order valence-corrected chi connectivity index (χ3v) is 5.36. The summed E-state index contributed by atoms with van der Waals surface area (Å²) in [4.78, 5) is 17.1. The van der Waals surface area contributed by atoms with Gasteiger partial charge < -0.3 is 9.64 Å². The second-order valence-corrected chi connectivity index (χ2v) is 7.20. The number of nitrogens with zero attached hydrogens (tertiary/aromatic N) is 2. The SMILES string of the molecule is Cc1cccc(C)c1C=CC1CCCCN1C(=O)CN1CCOCC1. The number of hydrogen-bond acceptors (Lipinski definition) is 3. The van der Waals surface area contributed by atoms with Gasteiger partial charge in [0.2, 0.25) is 5.91 Å². The predicted octanol–water partition coefficient (Wildman–Crippen LogP) is 3.03. The summed E-state index contributed by atoms with van der Waals surface area (Å²) in [7, 11) is 0. The molecule has 0 aliphatic carbocycles. The fourth-order valence-electron chi connectivity index (χ4n) is 3.81. The quantitative estimate of drug-likeness (QED) is 0.843. The smallest absolute Gasteiger partial charge is 0.237 e. The molecule has 2 aliphatic rings. The van der Waals surface area contributed by atoms with Crippen LogP contribution < -0.4 is 0 Å². The molecule has 4 nitrogen and oxygen atoms in total. The lowest BCUT2D eigenvalue weighted by atomic mass is 9.98. The molecule has 2 fully saturated rings. The highest BCUT2D eigenvalue weighted by Crippen LogP contribution is 2.21. The first kappa shape index (κ1) is 18.2. The van der Waals surface area contributed by atoms with Crippen LogP contribution in [0.25, 0.3) is 6.08 Å². The summed E-state index contributed by atoms with van der Waals surface area (Å²) in [6, 6.07) is 6.62. The molecule has 0 bridgehead atoms. The van der Waals surface area contributed by atoms with E-state index in [0.29, 0.717) is 6.54 Å². The van der Waals surface area contributed by atoms with Gasteiger partial charge in [-0.15, -0.1) is 0 Å². The van der Waals surface area contributed by atoms with Crippen molar-refractivity contribution in [2.24, 2.45) is 0 Å². The van der Waals surface area contributed by atoms with E-state index in [4.69, 9.17) is 4.74 Å². The number of rotatable bonds is 4. The van der Waals surface area contributed by atoms with E-state index in [2.05, 4.69) is 54.0 Å². The van der Waals surface area contributed by atoms with Gasteiger partial charge in [-0.3, -0.25) is 9.69 Å². The molecule has 0 aromatic heterocycles. The van der Waals surface area contributed by atoms with Gasteiger partial charge in [0.05, 0.1) is 25.8 Å². The first-order valence-corrected chi connectivity index (χ1v) is 9.49. The Morgan fingerprint density at radius 1 is 1.16 bits per heavy atom. The highest BCUT2D eigenvalue weighted by molar-refractivity contribution is 5.79. The normalized spacial score (nSPS) is 22.5. The third kappa shape index (κ3) is 4.71. The number of likely N-dealkylation sites (tertiary alicyclic amines) is 1. The van der Waals surface area contributed by atoms with E-state index in [1.807, 2.05) is 0 Å². The standard InChI is InChI=1S/C21H30N2O2/c1-17-6-5-7-18(2)20(17)10-9-19-8-3-4-11-23(19)21(24)16-22-12-14-25-15-13-22/h5-7,9-10,19H,3-4,8,11-16H2,1-2H3. The van der Waals surface area contributed by atoms with Gasteiger partial charge in [-0.25, -0.2) is 0 Å². The van der Waals surface area contributed by atoms with Crippen LogP contribution in [0.2, 0.25) is 0 Å². The van der Waals surface area contributed by atoms with Gasteiger partial charge in [-0.2, -0.15) is 0 Å². The molecule has 1 aromatic rings. The van der Waals surface area contributed by atoms with E-state index < -0.39 is 0 Å². The molecule has 3 rings (SSSR count). The zero-order valence-electron chi connectivity index (χ0n) is 15.5. The molecule has 4 heteroatoms. The molecule has 1 amide bonds. The number of morpholine rings is 1. The minimum absolute atomic E-state index is 0.223. The Balaban J connectivity index is 1.68. The van der Waals surface area contributed by atoms with Gasteiger partial charge in [-0.05, 0) is 49.8 Å². The summed E-state index contributed by atoms with van der Waals surface area (Å²) in [5.41, 5.74) is 3.87. The Hall–Kier alpha value is -1.65. The molecule has 0 radical (unpaired) electrons. The van der Waals surface area contributed by atoms with E-state index in [1.165, 1.54) is 23.1 Å². The first-order chi connectivity index (χ1) is 12.1. The molecule has 25 heavy (non-hydrogen) atoms. The van der Waals surface area contributed by atoms with Crippen LogP contribution in [0.4, 0.5) is 0 Å². The van der Waals surface area contributed by atoms with Crippen LogP contribution in [0, 0.1) is 13.8 Å². The molecule has 2 heterocycles. The van der Waals surface area contributed by atoms with Crippen LogP contribution in [0.15, 0.2) is 24.3 Å². The average Bonchev–Trinajstić information content (AvgIpc) is 2.62. The van der Waals surface area contributed by atoms with Crippen molar-refractivity contribution in [1.29, 1.82) is 0 Å². The number of hydrogen-bond donors (Lipinski definition) is 0. The lowest BCUT2D eigenvalue weighted by Gasteiger charge is -2.36. The Labute approximate surface area is 151 Å². The van der Waals surface area contributed by atoms with Crippen molar-refractivity contribution >= 4 is 12.0 Å². The van der Waals surface area contributed by atoms with Crippen LogP contribution in [0.5, 0.6) is 0 Å². The highest BCUT2D eigenvalue weighted by Gasteiger charge is 2.26. The van der Waals surface area contributed by atoms with E-state index in [0.717, 1.165) is 45.7 Å². The van der Waals surface area contributed by atoms with E-state index in [9.17, 15) is 4.79 Å².